The van der Waals surface area contributed by atoms with Gasteiger partial charge in [0.25, 0.3) is 0 Å². The van der Waals surface area contributed by atoms with Gasteiger partial charge < -0.3 is 19.3 Å². The van der Waals surface area contributed by atoms with E-state index in [0.29, 0.717) is 28.8 Å². The first-order chi connectivity index (χ1) is 13.8. The molecule has 0 aliphatic rings. The number of ether oxygens (including phenoxy) is 1. The van der Waals surface area contributed by atoms with Crippen LogP contribution >= 0.6 is 27.7 Å². The van der Waals surface area contributed by atoms with Crippen molar-refractivity contribution in [2.24, 2.45) is 7.05 Å². The van der Waals surface area contributed by atoms with E-state index in [1.54, 1.807) is 18.7 Å². The van der Waals surface area contributed by atoms with Gasteiger partial charge in [-0.2, -0.15) is 0 Å². The van der Waals surface area contributed by atoms with E-state index < -0.39 is 0 Å². The lowest BCUT2D eigenvalue weighted by Gasteiger charge is -2.15. The number of benzene rings is 2. The van der Waals surface area contributed by atoms with Gasteiger partial charge in [0.05, 0.1) is 27.2 Å². The molecule has 0 amide bonds. The van der Waals surface area contributed by atoms with Crippen LogP contribution in [0.25, 0.3) is 10.9 Å². The SMILES string of the molecule is CCOC(=O)c1c(SCc2ccccc2)n(C)c2cc(Br)c(O)c(CN(C)C)c12. The van der Waals surface area contributed by atoms with Crippen LogP contribution in [0.3, 0.4) is 0 Å². The van der Waals surface area contributed by atoms with Crippen molar-refractivity contribution in [2.75, 3.05) is 20.7 Å². The van der Waals surface area contributed by atoms with Crippen molar-refractivity contribution in [1.82, 2.24) is 9.47 Å². The van der Waals surface area contributed by atoms with E-state index in [1.807, 2.05) is 54.9 Å². The minimum absolute atomic E-state index is 0.155. The first kappa shape index (κ1) is 21.7. The Labute approximate surface area is 183 Å². The highest BCUT2D eigenvalue weighted by atomic mass is 79.9. The maximum Gasteiger partial charge on any atom is 0.341 e. The number of esters is 1. The molecule has 0 radical (unpaired) electrons. The number of aryl methyl sites for hydroxylation is 1. The molecule has 7 heteroatoms. The average molecular weight is 477 g/mol. The van der Waals surface area contributed by atoms with Crippen LogP contribution in [0.4, 0.5) is 0 Å². The molecule has 0 saturated carbocycles. The van der Waals surface area contributed by atoms with Gasteiger partial charge in [-0.25, -0.2) is 4.79 Å². The highest BCUT2D eigenvalue weighted by molar-refractivity contribution is 9.10. The molecule has 5 nitrogen and oxygen atoms in total. The summed E-state index contributed by atoms with van der Waals surface area (Å²) >= 11 is 5.06. The predicted octanol–water partition coefficient (Wildman–Crippen LogP) is 5.18. The molecule has 0 aliphatic carbocycles. The van der Waals surface area contributed by atoms with Gasteiger partial charge in [0.2, 0.25) is 0 Å². The lowest BCUT2D eigenvalue weighted by Crippen LogP contribution is -2.12. The topological polar surface area (TPSA) is 54.7 Å². The molecular formula is C22H25BrN2O3S. The molecule has 1 N–H and O–H groups in total. The van der Waals surface area contributed by atoms with Crippen molar-refractivity contribution in [3.63, 3.8) is 0 Å². The van der Waals surface area contributed by atoms with Gasteiger partial charge in [0.15, 0.2) is 0 Å². The number of phenols is 1. The normalized spacial score (nSPS) is 11.4. The summed E-state index contributed by atoms with van der Waals surface area (Å²) in [6.07, 6.45) is 0. The van der Waals surface area contributed by atoms with Crippen molar-refractivity contribution >= 4 is 44.6 Å². The molecule has 0 aliphatic heterocycles. The molecular weight excluding hydrogens is 452 g/mol. The number of rotatable bonds is 7. The Kier molecular flexibility index (Phi) is 6.93. The summed E-state index contributed by atoms with van der Waals surface area (Å²) in [5.41, 5.74) is 3.29. The van der Waals surface area contributed by atoms with Gasteiger partial charge in [0.1, 0.15) is 5.75 Å². The molecule has 0 saturated heterocycles. The zero-order chi connectivity index (χ0) is 21.1. The number of halogens is 1. The molecule has 0 spiro atoms. The summed E-state index contributed by atoms with van der Waals surface area (Å²) in [7, 11) is 5.82. The standard InChI is InChI=1S/C22H25BrN2O3S/c1-5-28-22(27)19-18-15(12-24(2)3)20(26)16(23)11-17(18)25(4)21(19)29-13-14-9-7-6-8-10-14/h6-11,26H,5,12-13H2,1-4H3. The smallest absolute Gasteiger partial charge is 0.341 e. The second-order valence-electron chi connectivity index (χ2n) is 7.05. The molecule has 0 unspecified atom stereocenters. The molecule has 2 aromatic carbocycles. The third kappa shape index (κ3) is 4.47. The fourth-order valence-corrected chi connectivity index (χ4v) is 4.94. The summed E-state index contributed by atoms with van der Waals surface area (Å²) in [6.45, 7) is 2.60. The number of nitrogens with zero attached hydrogens (tertiary/aromatic N) is 2. The van der Waals surface area contributed by atoms with Crippen molar-refractivity contribution < 1.29 is 14.6 Å². The maximum atomic E-state index is 13.0. The Hall–Kier alpha value is -1.96. The highest BCUT2D eigenvalue weighted by Crippen LogP contribution is 2.42. The number of carbonyl (C=O) groups excluding carboxylic acids is 1. The van der Waals surface area contributed by atoms with Crippen LogP contribution in [0.5, 0.6) is 5.75 Å². The minimum Gasteiger partial charge on any atom is -0.506 e. The summed E-state index contributed by atoms with van der Waals surface area (Å²) < 4.78 is 8.02. The molecule has 3 rings (SSSR count). The number of aromatic nitrogens is 1. The minimum atomic E-state index is -0.365. The third-order valence-corrected chi connectivity index (χ3v) is 6.47. The summed E-state index contributed by atoms with van der Waals surface area (Å²) in [5, 5.41) is 12.3. The largest absolute Gasteiger partial charge is 0.506 e. The van der Waals surface area contributed by atoms with E-state index in [1.165, 1.54) is 5.56 Å². The molecule has 1 heterocycles. The van der Waals surface area contributed by atoms with Gasteiger partial charge in [0, 0.05) is 30.3 Å². The van der Waals surface area contributed by atoms with E-state index in [0.717, 1.165) is 21.7 Å². The summed E-state index contributed by atoms with van der Waals surface area (Å²) in [4.78, 5) is 15.0. The van der Waals surface area contributed by atoms with Crippen LogP contribution in [0, 0.1) is 0 Å². The summed E-state index contributed by atoms with van der Waals surface area (Å²) in [5.74, 6) is 0.519. The van der Waals surface area contributed by atoms with Crippen molar-refractivity contribution in [3.05, 3.63) is 57.6 Å². The van der Waals surface area contributed by atoms with Crippen molar-refractivity contribution in [2.45, 2.75) is 24.2 Å². The van der Waals surface area contributed by atoms with Gasteiger partial charge in [-0.3, -0.25) is 0 Å². The number of thioether (sulfide) groups is 1. The Morgan fingerprint density at radius 1 is 1.28 bits per heavy atom. The lowest BCUT2D eigenvalue weighted by molar-refractivity contribution is 0.0524. The molecule has 29 heavy (non-hydrogen) atoms. The third-order valence-electron chi connectivity index (χ3n) is 4.64. The number of carbonyl (C=O) groups is 1. The monoisotopic (exact) mass is 476 g/mol. The van der Waals surface area contributed by atoms with Crippen LogP contribution in [0.1, 0.15) is 28.4 Å². The zero-order valence-corrected chi connectivity index (χ0v) is 19.4. The highest BCUT2D eigenvalue weighted by Gasteiger charge is 2.27. The second kappa shape index (κ2) is 9.24. The molecule has 154 valence electrons. The van der Waals surface area contributed by atoms with Crippen LogP contribution < -0.4 is 0 Å². The average Bonchev–Trinajstić information content (AvgIpc) is 2.96. The lowest BCUT2D eigenvalue weighted by atomic mass is 10.0. The number of aromatic hydroxyl groups is 1. The number of fused-ring (bicyclic) bond motifs is 1. The van der Waals surface area contributed by atoms with Crippen LogP contribution in [-0.4, -0.2) is 41.2 Å². The number of hydrogen-bond acceptors (Lipinski definition) is 5. The van der Waals surface area contributed by atoms with Crippen LogP contribution in [0.15, 0.2) is 45.9 Å². The number of hydrogen-bond donors (Lipinski definition) is 1. The maximum absolute atomic E-state index is 13.0. The fourth-order valence-electron chi connectivity index (χ4n) is 3.36. The Morgan fingerprint density at radius 3 is 2.59 bits per heavy atom. The Bertz CT molecular complexity index is 1030. The van der Waals surface area contributed by atoms with Gasteiger partial charge in [-0.05, 0) is 48.6 Å². The van der Waals surface area contributed by atoms with Crippen molar-refractivity contribution in [3.8, 4) is 5.75 Å². The quantitative estimate of drug-likeness (QED) is 0.376. The fraction of sp³-hybridized carbons (Fsp3) is 0.318. The molecule has 1 aromatic heterocycles. The predicted molar refractivity (Wildman–Crippen MR) is 122 cm³/mol. The van der Waals surface area contributed by atoms with E-state index >= 15 is 0 Å². The molecule has 0 fully saturated rings. The van der Waals surface area contributed by atoms with Gasteiger partial charge in [-0.1, -0.05) is 30.3 Å². The Morgan fingerprint density at radius 2 is 1.97 bits per heavy atom. The van der Waals surface area contributed by atoms with Crippen LogP contribution in [-0.2, 0) is 24.1 Å². The molecule has 0 atom stereocenters. The van der Waals surface area contributed by atoms with E-state index in [9.17, 15) is 9.90 Å². The molecule has 3 aromatic rings. The van der Waals surface area contributed by atoms with Crippen molar-refractivity contribution in [1.29, 1.82) is 0 Å². The van der Waals surface area contributed by atoms with E-state index in [4.69, 9.17) is 4.74 Å². The second-order valence-corrected chi connectivity index (χ2v) is 8.87. The molecule has 0 bridgehead atoms. The first-order valence-corrected chi connectivity index (χ1v) is 11.1. The van der Waals surface area contributed by atoms with Gasteiger partial charge in [-0.15, -0.1) is 11.8 Å². The van der Waals surface area contributed by atoms with E-state index in [-0.39, 0.29) is 11.7 Å². The number of phenolic OH excluding ortho intramolecular Hbond substituents is 1. The Balaban J connectivity index is 2.22. The van der Waals surface area contributed by atoms with Crippen LogP contribution in [0.2, 0.25) is 0 Å². The first-order valence-electron chi connectivity index (χ1n) is 9.36. The van der Waals surface area contributed by atoms with Gasteiger partial charge >= 0.3 is 5.97 Å². The summed E-state index contributed by atoms with van der Waals surface area (Å²) in [6, 6.07) is 12.0. The zero-order valence-electron chi connectivity index (χ0n) is 17.0. The van der Waals surface area contributed by atoms with E-state index in [2.05, 4.69) is 28.1 Å².